The lowest BCUT2D eigenvalue weighted by molar-refractivity contribution is -0.343. The van der Waals surface area contributed by atoms with E-state index in [0.717, 1.165) is 0 Å². The molecule has 0 aromatic heterocycles. The molecule has 1 amide bonds. The molecule has 4 unspecified atom stereocenters. The van der Waals surface area contributed by atoms with Crippen molar-refractivity contribution < 1.29 is 59.6 Å². The van der Waals surface area contributed by atoms with Gasteiger partial charge in [-0.25, -0.2) is 5.90 Å². The molecule has 2 heterocycles. The summed E-state index contributed by atoms with van der Waals surface area (Å²) < 4.78 is 15.9. The van der Waals surface area contributed by atoms with Gasteiger partial charge in [0.15, 0.2) is 12.5 Å². The van der Waals surface area contributed by atoms with E-state index >= 15 is 0 Å². The first-order valence-electron chi connectivity index (χ1n) is 8.44. The van der Waals surface area contributed by atoms with Crippen LogP contribution < -0.4 is 11.2 Å². The summed E-state index contributed by atoms with van der Waals surface area (Å²) in [6.45, 7) is -1.96. The van der Waals surface area contributed by atoms with Crippen molar-refractivity contribution >= 4 is 5.91 Å². The van der Waals surface area contributed by atoms with Gasteiger partial charge in [0.25, 0.3) is 0 Å². The first-order chi connectivity index (χ1) is 13.2. The van der Waals surface area contributed by atoms with E-state index < -0.39 is 87.1 Å². The summed E-state index contributed by atoms with van der Waals surface area (Å²) >= 11 is 0. The van der Waals surface area contributed by atoms with E-state index in [1.54, 1.807) is 0 Å². The fourth-order valence-corrected chi connectivity index (χ4v) is 2.98. The van der Waals surface area contributed by atoms with Gasteiger partial charge in [-0.1, -0.05) is 0 Å². The number of ether oxygens (including phenoxy) is 3. The summed E-state index contributed by atoms with van der Waals surface area (Å²) in [6, 6.07) is 0. The number of carbonyl (C=O) groups is 1. The molecule has 2 aliphatic rings. The molecule has 28 heavy (non-hydrogen) atoms. The topological polar surface area (TPSA) is 234 Å². The molecular weight excluding hydrogens is 388 g/mol. The SMILES string of the molecule is NOCC(=O)N[C@@H]1OC(CO)[C@@H](O[C@@H]2OC(CO)[C@H](O)[C@H](O)C2O)[C@H](O)C1O. The molecule has 14 heteroatoms. The number of hydrogen-bond acceptors (Lipinski definition) is 13. The molecule has 0 aromatic rings. The Labute approximate surface area is 158 Å². The van der Waals surface area contributed by atoms with Crippen LogP contribution in [0.5, 0.6) is 0 Å². The van der Waals surface area contributed by atoms with E-state index in [4.69, 9.17) is 20.1 Å². The Balaban J connectivity index is 2.09. The van der Waals surface area contributed by atoms with Crippen molar-refractivity contribution in [3.05, 3.63) is 0 Å². The van der Waals surface area contributed by atoms with Crippen LogP contribution in [0.1, 0.15) is 0 Å². The van der Waals surface area contributed by atoms with Crippen molar-refractivity contribution in [3.8, 4) is 0 Å². The summed E-state index contributed by atoms with van der Waals surface area (Å²) in [5.74, 6) is 4.01. The number of nitrogens with one attached hydrogen (secondary N) is 1. The van der Waals surface area contributed by atoms with Crippen molar-refractivity contribution in [1.82, 2.24) is 5.32 Å². The molecule has 0 aromatic carbocycles. The molecule has 10 atom stereocenters. The maximum atomic E-state index is 11.5. The molecule has 0 aliphatic carbocycles. The normalized spacial score (nSPS) is 44.3. The minimum atomic E-state index is -1.76. The first-order valence-corrected chi connectivity index (χ1v) is 8.44. The van der Waals surface area contributed by atoms with Gasteiger partial charge < -0.3 is 55.3 Å². The summed E-state index contributed by atoms with van der Waals surface area (Å²) in [4.78, 5) is 15.7. The highest BCUT2D eigenvalue weighted by molar-refractivity contribution is 5.77. The number of hydrogen-bond donors (Lipinski definition) is 9. The Morgan fingerprint density at radius 1 is 0.893 bits per heavy atom. The van der Waals surface area contributed by atoms with E-state index in [9.17, 15) is 40.5 Å². The standard InChI is InChI=1S/C14H26N2O12/c15-25-3-6(19)16-13-10(23)9(22)12(5(2-18)26-13)28-14-11(24)8(21)7(20)4(1-17)27-14/h4-5,7-14,17-18,20-24H,1-3,15H2,(H,16,19)/t4?,5?,7-,8-,9+,10?,11?,12+,13+,14-/m0/s1. The highest BCUT2D eigenvalue weighted by atomic mass is 16.7. The number of nitrogens with two attached hydrogens (primary N) is 1. The molecule has 2 aliphatic heterocycles. The molecule has 2 rings (SSSR count). The monoisotopic (exact) mass is 414 g/mol. The maximum Gasteiger partial charge on any atom is 0.250 e. The molecule has 14 nitrogen and oxygen atoms in total. The number of amides is 1. The minimum absolute atomic E-state index is 0.544. The predicted molar refractivity (Wildman–Crippen MR) is 84.7 cm³/mol. The lowest BCUT2D eigenvalue weighted by Gasteiger charge is -2.46. The largest absolute Gasteiger partial charge is 0.394 e. The lowest BCUT2D eigenvalue weighted by Crippen LogP contribution is -2.66. The zero-order valence-electron chi connectivity index (χ0n) is 14.6. The Morgan fingerprint density at radius 3 is 2.11 bits per heavy atom. The third-order valence-electron chi connectivity index (χ3n) is 4.52. The number of carbonyl (C=O) groups excluding carboxylic acids is 1. The molecule has 0 bridgehead atoms. The van der Waals surface area contributed by atoms with Gasteiger partial charge >= 0.3 is 0 Å². The Bertz CT molecular complexity index is 509. The average molecular weight is 414 g/mol. The fraction of sp³-hybridized carbons (Fsp3) is 0.929. The van der Waals surface area contributed by atoms with Crippen molar-refractivity contribution in [1.29, 1.82) is 0 Å². The Morgan fingerprint density at radius 2 is 1.54 bits per heavy atom. The third-order valence-corrected chi connectivity index (χ3v) is 4.52. The van der Waals surface area contributed by atoms with Gasteiger partial charge in [-0.3, -0.25) is 9.63 Å². The van der Waals surface area contributed by atoms with Gasteiger partial charge in [-0.15, -0.1) is 0 Å². The van der Waals surface area contributed by atoms with Crippen molar-refractivity contribution in [2.24, 2.45) is 5.90 Å². The summed E-state index contributed by atoms with van der Waals surface area (Å²) in [5, 5.41) is 71.0. The fourth-order valence-electron chi connectivity index (χ4n) is 2.98. The van der Waals surface area contributed by atoms with Crippen LogP contribution in [-0.4, -0.2) is 123 Å². The van der Waals surface area contributed by atoms with Crippen LogP contribution in [0.4, 0.5) is 0 Å². The lowest BCUT2D eigenvalue weighted by atomic mass is 9.96. The number of aliphatic hydroxyl groups is 7. The van der Waals surface area contributed by atoms with E-state index in [0.29, 0.717) is 0 Å². The second-order valence-electron chi connectivity index (χ2n) is 6.44. The third kappa shape index (κ3) is 4.93. The number of aliphatic hydroxyl groups excluding tert-OH is 7. The summed E-state index contributed by atoms with van der Waals surface area (Å²) in [7, 11) is 0. The van der Waals surface area contributed by atoms with Crippen LogP contribution in [0.2, 0.25) is 0 Å². The van der Waals surface area contributed by atoms with Crippen molar-refractivity contribution in [2.45, 2.75) is 61.3 Å². The van der Waals surface area contributed by atoms with Gasteiger partial charge in [-0.05, 0) is 0 Å². The average Bonchev–Trinajstić information content (AvgIpc) is 2.67. The van der Waals surface area contributed by atoms with Crippen LogP contribution in [0.15, 0.2) is 0 Å². The Kier molecular flexibility index (Phi) is 8.44. The van der Waals surface area contributed by atoms with Crippen LogP contribution >= 0.6 is 0 Å². The molecule has 10 N–H and O–H groups in total. The molecular formula is C14H26N2O12. The molecule has 0 spiro atoms. The van der Waals surface area contributed by atoms with E-state index in [1.165, 1.54) is 0 Å². The van der Waals surface area contributed by atoms with Crippen molar-refractivity contribution in [3.63, 3.8) is 0 Å². The maximum absolute atomic E-state index is 11.5. The second kappa shape index (κ2) is 10.1. The van der Waals surface area contributed by atoms with E-state index in [2.05, 4.69) is 10.2 Å². The summed E-state index contributed by atoms with van der Waals surface area (Å²) in [5.41, 5.74) is 0. The van der Waals surface area contributed by atoms with Crippen molar-refractivity contribution in [2.75, 3.05) is 19.8 Å². The van der Waals surface area contributed by atoms with E-state index in [-0.39, 0.29) is 0 Å². The van der Waals surface area contributed by atoms with Gasteiger partial charge in [0.1, 0.15) is 55.4 Å². The minimum Gasteiger partial charge on any atom is -0.394 e. The first kappa shape index (κ1) is 23.3. The smallest absolute Gasteiger partial charge is 0.250 e. The number of rotatable bonds is 7. The second-order valence-corrected chi connectivity index (χ2v) is 6.44. The summed E-state index contributed by atoms with van der Waals surface area (Å²) in [6.07, 6.45) is -15.6. The Hall–Kier alpha value is -1.01. The zero-order chi connectivity index (χ0) is 21.0. The molecule has 164 valence electrons. The zero-order valence-corrected chi connectivity index (χ0v) is 14.6. The van der Waals surface area contributed by atoms with Gasteiger partial charge in [0.05, 0.1) is 13.2 Å². The highest BCUT2D eigenvalue weighted by Crippen LogP contribution is 2.28. The molecule has 0 saturated carbocycles. The molecule has 2 fully saturated rings. The van der Waals surface area contributed by atoms with Gasteiger partial charge in [0.2, 0.25) is 5.91 Å². The molecule has 2 saturated heterocycles. The quantitative estimate of drug-likeness (QED) is 0.177. The van der Waals surface area contributed by atoms with Crippen LogP contribution in [-0.2, 0) is 23.8 Å². The van der Waals surface area contributed by atoms with Crippen LogP contribution in [0.3, 0.4) is 0 Å². The highest BCUT2D eigenvalue weighted by Gasteiger charge is 2.50. The van der Waals surface area contributed by atoms with Crippen LogP contribution in [0.25, 0.3) is 0 Å². The van der Waals surface area contributed by atoms with Gasteiger partial charge in [-0.2, -0.15) is 0 Å². The van der Waals surface area contributed by atoms with Gasteiger partial charge in [0, 0.05) is 0 Å². The van der Waals surface area contributed by atoms with Crippen LogP contribution in [0, 0.1) is 0 Å². The van der Waals surface area contributed by atoms with E-state index in [1.807, 2.05) is 0 Å². The molecule has 0 radical (unpaired) electrons. The predicted octanol–water partition coefficient (Wildman–Crippen LogP) is -6.38.